The van der Waals surface area contributed by atoms with Crippen LogP contribution >= 0.6 is 27.5 Å². The van der Waals surface area contributed by atoms with E-state index in [9.17, 15) is 0 Å². The molecule has 3 aromatic rings. The molecule has 0 spiro atoms. The molecule has 0 bridgehead atoms. The first-order chi connectivity index (χ1) is 10.2. The van der Waals surface area contributed by atoms with Crippen molar-refractivity contribution in [1.29, 1.82) is 0 Å². The van der Waals surface area contributed by atoms with Gasteiger partial charge in [0.05, 0.1) is 23.2 Å². The van der Waals surface area contributed by atoms with Crippen LogP contribution < -0.4 is 0 Å². The second-order valence-electron chi connectivity index (χ2n) is 5.13. The minimum atomic E-state index is 0.315. The quantitative estimate of drug-likeness (QED) is 0.571. The molecule has 0 saturated heterocycles. The van der Waals surface area contributed by atoms with Gasteiger partial charge in [-0.15, -0.1) is 11.6 Å². The van der Waals surface area contributed by atoms with E-state index >= 15 is 0 Å². The van der Waals surface area contributed by atoms with Gasteiger partial charge in [0.15, 0.2) is 0 Å². The summed E-state index contributed by atoms with van der Waals surface area (Å²) in [6.07, 6.45) is 3.61. The minimum Gasteiger partial charge on any atom is -0.469 e. The van der Waals surface area contributed by atoms with Crippen molar-refractivity contribution in [2.24, 2.45) is 0 Å². The van der Waals surface area contributed by atoms with Gasteiger partial charge in [0.1, 0.15) is 11.6 Å². The first-order valence-electron chi connectivity index (χ1n) is 6.93. The van der Waals surface area contributed by atoms with E-state index in [4.69, 9.17) is 16.0 Å². The van der Waals surface area contributed by atoms with E-state index in [2.05, 4.69) is 38.5 Å². The van der Waals surface area contributed by atoms with Crippen molar-refractivity contribution in [3.05, 3.63) is 52.7 Å². The molecule has 2 aromatic heterocycles. The molecule has 1 unspecified atom stereocenters. The number of hydrogen-bond acceptors (Lipinski definition) is 2. The summed E-state index contributed by atoms with van der Waals surface area (Å²) < 4.78 is 8.67. The smallest absolute Gasteiger partial charge is 0.125 e. The third kappa shape index (κ3) is 3.01. The topological polar surface area (TPSA) is 31.0 Å². The second kappa shape index (κ2) is 6.24. The standard InChI is InChI=1S/C16H16BrClN2O/c1-11(4-6-13-3-2-8-21-13)20-15-7-5-12(17)9-14(15)19-16(20)10-18/h2-3,5,7-9,11H,4,6,10H2,1H3. The van der Waals surface area contributed by atoms with Gasteiger partial charge in [-0.3, -0.25) is 0 Å². The monoisotopic (exact) mass is 366 g/mol. The van der Waals surface area contributed by atoms with Gasteiger partial charge in [-0.25, -0.2) is 4.98 Å². The van der Waals surface area contributed by atoms with E-state index in [1.807, 2.05) is 24.3 Å². The van der Waals surface area contributed by atoms with E-state index in [1.54, 1.807) is 6.26 Å². The molecule has 1 atom stereocenters. The number of nitrogens with zero attached hydrogens (tertiary/aromatic N) is 2. The predicted molar refractivity (Wildman–Crippen MR) is 88.7 cm³/mol. The summed E-state index contributed by atoms with van der Waals surface area (Å²) in [6.45, 7) is 2.20. The maximum Gasteiger partial charge on any atom is 0.125 e. The molecule has 21 heavy (non-hydrogen) atoms. The number of benzene rings is 1. The first kappa shape index (κ1) is 14.7. The summed E-state index contributed by atoms with van der Waals surface area (Å²) in [7, 11) is 0. The number of alkyl halides is 1. The lowest BCUT2D eigenvalue weighted by molar-refractivity contribution is 0.452. The fourth-order valence-corrected chi connectivity index (χ4v) is 3.18. The molecule has 0 radical (unpaired) electrons. The van der Waals surface area contributed by atoms with E-state index in [0.717, 1.165) is 39.9 Å². The fourth-order valence-electron chi connectivity index (χ4n) is 2.64. The second-order valence-corrected chi connectivity index (χ2v) is 6.31. The average Bonchev–Trinajstić information content (AvgIpc) is 3.11. The van der Waals surface area contributed by atoms with Crippen LogP contribution in [0.25, 0.3) is 11.0 Å². The number of halogens is 2. The number of hydrogen-bond donors (Lipinski definition) is 0. The summed E-state index contributed by atoms with van der Waals surface area (Å²) in [5.74, 6) is 2.34. The zero-order chi connectivity index (χ0) is 14.8. The molecule has 0 amide bonds. The van der Waals surface area contributed by atoms with Gasteiger partial charge in [0.25, 0.3) is 0 Å². The van der Waals surface area contributed by atoms with Crippen molar-refractivity contribution in [3.8, 4) is 0 Å². The fraction of sp³-hybridized carbons (Fsp3) is 0.312. The zero-order valence-corrected chi connectivity index (χ0v) is 14.1. The van der Waals surface area contributed by atoms with Crippen LogP contribution in [0, 0.1) is 0 Å². The van der Waals surface area contributed by atoms with E-state index in [0.29, 0.717) is 11.9 Å². The Morgan fingerprint density at radius 1 is 1.38 bits per heavy atom. The highest BCUT2D eigenvalue weighted by molar-refractivity contribution is 9.10. The number of aryl methyl sites for hydroxylation is 1. The summed E-state index contributed by atoms with van der Waals surface area (Å²) in [4.78, 5) is 4.64. The van der Waals surface area contributed by atoms with Crippen LogP contribution in [0.15, 0.2) is 45.5 Å². The Labute approximate surface area is 137 Å². The van der Waals surface area contributed by atoms with Crippen LogP contribution in [0.3, 0.4) is 0 Å². The maximum atomic E-state index is 6.07. The highest BCUT2D eigenvalue weighted by Gasteiger charge is 2.16. The van der Waals surface area contributed by atoms with Crippen LogP contribution in [-0.4, -0.2) is 9.55 Å². The van der Waals surface area contributed by atoms with Crippen molar-refractivity contribution >= 4 is 38.6 Å². The molecule has 0 aliphatic rings. The van der Waals surface area contributed by atoms with Gasteiger partial charge in [0.2, 0.25) is 0 Å². The van der Waals surface area contributed by atoms with Gasteiger partial charge < -0.3 is 8.98 Å². The molecule has 3 nitrogen and oxygen atoms in total. The summed E-state index contributed by atoms with van der Waals surface area (Å²) in [5.41, 5.74) is 2.10. The van der Waals surface area contributed by atoms with Gasteiger partial charge in [-0.05, 0) is 43.7 Å². The highest BCUT2D eigenvalue weighted by Crippen LogP contribution is 2.27. The molecule has 2 heterocycles. The van der Waals surface area contributed by atoms with E-state index in [-0.39, 0.29) is 0 Å². The van der Waals surface area contributed by atoms with Gasteiger partial charge >= 0.3 is 0 Å². The molecule has 0 saturated carbocycles. The Balaban J connectivity index is 1.90. The van der Waals surface area contributed by atoms with Crippen molar-refractivity contribution in [2.75, 3.05) is 0 Å². The lowest BCUT2D eigenvalue weighted by Gasteiger charge is -2.16. The summed E-state index contributed by atoms with van der Waals surface area (Å²) in [5, 5.41) is 0. The molecular formula is C16H16BrClN2O. The average molecular weight is 368 g/mol. The first-order valence-corrected chi connectivity index (χ1v) is 8.26. The molecule has 1 aromatic carbocycles. The van der Waals surface area contributed by atoms with Crippen LogP contribution in [-0.2, 0) is 12.3 Å². The Hall–Kier alpha value is -1.26. The van der Waals surface area contributed by atoms with E-state index < -0.39 is 0 Å². The van der Waals surface area contributed by atoms with Gasteiger partial charge in [-0.2, -0.15) is 0 Å². The predicted octanol–water partition coefficient (Wildman–Crippen LogP) is 5.32. The molecule has 5 heteroatoms. The van der Waals surface area contributed by atoms with Gasteiger partial charge in [0, 0.05) is 16.9 Å². The summed E-state index contributed by atoms with van der Waals surface area (Å²) in [6, 6.07) is 10.4. The lowest BCUT2D eigenvalue weighted by Crippen LogP contribution is -2.09. The largest absolute Gasteiger partial charge is 0.469 e. The Kier molecular flexibility index (Phi) is 4.36. The molecule has 3 rings (SSSR count). The van der Waals surface area contributed by atoms with Gasteiger partial charge in [-0.1, -0.05) is 15.9 Å². The normalized spacial score (nSPS) is 12.9. The van der Waals surface area contributed by atoms with Crippen molar-refractivity contribution < 1.29 is 4.42 Å². The Bertz CT molecular complexity index is 736. The number of fused-ring (bicyclic) bond motifs is 1. The zero-order valence-electron chi connectivity index (χ0n) is 11.7. The number of aromatic nitrogens is 2. The van der Waals surface area contributed by atoms with Crippen LogP contribution in [0.5, 0.6) is 0 Å². The van der Waals surface area contributed by atoms with Crippen LogP contribution in [0.4, 0.5) is 0 Å². The molecule has 0 fully saturated rings. The third-order valence-electron chi connectivity index (χ3n) is 3.67. The molecule has 0 aliphatic carbocycles. The van der Waals surface area contributed by atoms with E-state index in [1.165, 1.54) is 0 Å². The van der Waals surface area contributed by atoms with Crippen LogP contribution in [0.2, 0.25) is 0 Å². The highest BCUT2D eigenvalue weighted by atomic mass is 79.9. The number of rotatable bonds is 5. The minimum absolute atomic E-state index is 0.315. The summed E-state index contributed by atoms with van der Waals surface area (Å²) >= 11 is 9.56. The molecular weight excluding hydrogens is 352 g/mol. The number of imidazole rings is 1. The lowest BCUT2D eigenvalue weighted by atomic mass is 10.1. The maximum absolute atomic E-state index is 6.07. The van der Waals surface area contributed by atoms with Crippen molar-refractivity contribution in [2.45, 2.75) is 31.7 Å². The molecule has 0 N–H and O–H groups in total. The third-order valence-corrected chi connectivity index (χ3v) is 4.41. The Morgan fingerprint density at radius 2 is 2.24 bits per heavy atom. The number of furan rings is 1. The van der Waals surface area contributed by atoms with Crippen molar-refractivity contribution in [3.63, 3.8) is 0 Å². The molecule has 0 aliphatic heterocycles. The SMILES string of the molecule is CC(CCc1ccco1)n1c(CCl)nc2cc(Br)ccc21. The van der Waals surface area contributed by atoms with Crippen LogP contribution in [0.1, 0.15) is 31.0 Å². The molecule has 110 valence electrons. The van der Waals surface area contributed by atoms with Crippen molar-refractivity contribution in [1.82, 2.24) is 9.55 Å². The Morgan fingerprint density at radius 3 is 2.95 bits per heavy atom.